The molecule has 1 aromatic heterocycles. The molecule has 104 valence electrons. The van der Waals surface area contributed by atoms with Crippen LogP contribution in [0.15, 0.2) is 0 Å². The highest BCUT2D eigenvalue weighted by Crippen LogP contribution is 2.19. The first-order valence-electron chi connectivity index (χ1n) is 6.81. The minimum Gasteiger partial charge on any atom is -0.367 e. The SMILES string of the molecule is CCc1nnc(NCCCN(C)C)c(C#N)c1CC. The van der Waals surface area contributed by atoms with Crippen LogP contribution in [-0.4, -0.2) is 42.3 Å². The van der Waals surface area contributed by atoms with Gasteiger partial charge in [-0.3, -0.25) is 0 Å². The van der Waals surface area contributed by atoms with E-state index in [2.05, 4.69) is 26.5 Å². The van der Waals surface area contributed by atoms with Crippen molar-refractivity contribution >= 4 is 5.82 Å². The van der Waals surface area contributed by atoms with Gasteiger partial charge in [0.15, 0.2) is 5.82 Å². The van der Waals surface area contributed by atoms with Crippen molar-refractivity contribution in [3.05, 3.63) is 16.8 Å². The largest absolute Gasteiger partial charge is 0.367 e. The van der Waals surface area contributed by atoms with Crippen molar-refractivity contribution in [2.75, 3.05) is 32.5 Å². The lowest BCUT2D eigenvalue weighted by Crippen LogP contribution is -2.17. The average molecular weight is 261 g/mol. The van der Waals surface area contributed by atoms with Gasteiger partial charge in [-0.05, 0) is 45.5 Å². The summed E-state index contributed by atoms with van der Waals surface area (Å²) in [5, 5.41) is 20.9. The van der Waals surface area contributed by atoms with Crippen LogP contribution in [0.3, 0.4) is 0 Å². The number of hydrogen-bond acceptors (Lipinski definition) is 5. The molecule has 5 heteroatoms. The normalized spacial score (nSPS) is 10.5. The summed E-state index contributed by atoms with van der Waals surface area (Å²) in [4.78, 5) is 2.14. The molecule has 0 radical (unpaired) electrons. The van der Waals surface area contributed by atoms with Crippen molar-refractivity contribution in [2.24, 2.45) is 0 Å². The molecule has 0 aliphatic heterocycles. The third-order valence-electron chi connectivity index (χ3n) is 3.03. The van der Waals surface area contributed by atoms with Crippen LogP contribution < -0.4 is 5.32 Å². The van der Waals surface area contributed by atoms with Gasteiger partial charge in [0.25, 0.3) is 0 Å². The molecule has 1 heterocycles. The predicted octanol–water partition coefficient (Wildman–Crippen LogP) is 1.84. The van der Waals surface area contributed by atoms with E-state index in [1.807, 2.05) is 27.9 Å². The summed E-state index contributed by atoms with van der Waals surface area (Å²) in [5.74, 6) is 0.621. The molecular formula is C14H23N5. The van der Waals surface area contributed by atoms with E-state index >= 15 is 0 Å². The summed E-state index contributed by atoms with van der Waals surface area (Å²) < 4.78 is 0. The molecule has 0 unspecified atom stereocenters. The quantitative estimate of drug-likeness (QED) is 0.759. The highest BCUT2D eigenvalue weighted by Gasteiger charge is 2.13. The van der Waals surface area contributed by atoms with Crippen LogP contribution in [-0.2, 0) is 12.8 Å². The third kappa shape index (κ3) is 4.18. The van der Waals surface area contributed by atoms with E-state index in [1.165, 1.54) is 0 Å². The Hall–Kier alpha value is -1.67. The molecule has 0 spiro atoms. The van der Waals surface area contributed by atoms with E-state index in [1.54, 1.807) is 0 Å². The number of aromatic nitrogens is 2. The van der Waals surface area contributed by atoms with E-state index in [4.69, 9.17) is 0 Å². The Labute approximate surface area is 115 Å². The van der Waals surface area contributed by atoms with Crippen molar-refractivity contribution in [3.63, 3.8) is 0 Å². The molecule has 0 aliphatic rings. The van der Waals surface area contributed by atoms with E-state index in [0.29, 0.717) is 11.4 Å². The van der Waals surface area contributed by atoms with Crippen LogP contribution in [0.2, 0.25) is 0 Å². The molecule has 0 saturated heterocycles. The molecule has 0 fully saturated rings. The summed E-state index contributed by atoms with van der Waals surface area (Å²) >= 11 is 0. The fraction of sp³-hybridized carbons (Fsp3) is 0.643. The number of nitrogens with one attached hydrogen (secondary N) is 1. The van der Waals surface area contributed by atoms with Crippen LogP contribution in [0.4, 0.5) is 5.82 Å². The summed E-state index contributed by atoms with van der Waals surface area (Å²) in [6.07, 6.45) is 2.64. The van der Waals surface area contributed by atoms with Gasteiger partial charge in [-0.2, -0.15) is 10.4 Å². The van der Waals surface area contributed by atoms with Crippen molar-refractivity contribution in [1.82, 2.24) is 15.1 Å². The fourth-order valence-corrected chi connectivity index (χ4v) is 2.02. The van der Waals surface area contributed by atoms with Crippen LogP contribution in [0.5, 0.6) is 0 Å². The smallest absolute Gasteiger partial charge is 0.166 e. The molecular weight excluding hydrogens is 238 g/mol. The number of anilines is 1. The summed E-state index contributed by atoms with van der Waals surface area (Å²) in [5.41, 5.74) is 2.60. The zero-order valence-electron chi connectivity index (χ0n) is 12.3. The van der Waals surface area contributed by atoms with Gasteiger partial charge in [0.05, 0.1) is 5.69 Å². The molecule has 1 rings (SSSR count). The molecule has 1 aromatic rings. The van der Waals surface area contributed by atoms with Gasteiger partial charge in [0.2, 0.25) is 0 Å². The van der Waals surface area contributed by atoms with Crippen molar-refractivity contribution in [1.29, 1.82) is 5.26 Å². The van der Waals surface area contributed by atoms with Crippen molar-refractivity contribution < 1.29 is 0 Å². The zero-order valence-corrected chi connectivity index (χ0v) is 12.3. The zero-order chi connectivity index (χ0) is 14.3. The number of nitrogens with zero attached hydrogens (tertiary/aromatic N) is 4. The minimum atomic E-state index is 0.621. The molecule has 19 heavy (non-hydrogen) atoms. The Morgan fingerprint density at radius 1 is 1.21 bits per heavy atom. The highest BCUT2D eigenvalue weighted by atomic mass is 15.2. The maximum atomic E-state index is 9.33. The maximum Gasteiger partial charge on any atom is 0.166 e. The lowest BCUT2D eigenvalue weighted by Gasteiger charge is -2.13. The van der Waals surface area contributed by atoms with Gasteiger partial charge < -0.3 is 10.2 Å². The molecule has 1 N–H and O–H groups in total. The Kier molecular flexibility index (Phi) is 6.23. The third-order valence-corrected chi connectivity index (χ3v) is 3.03. The maximum absolute atomic E-state index is 9.33. The molecule has 0 bridgehead atoms. The lowest BCUT2D eigenvalue weighted by atomic mass is 10.0. The van der Waals surface area contributed by atoms with E-state index in [-0.39, 0.29) is 0 Å². The fourth-order valence-electron chi connectivity index (χ4n) is 2.02. The first-order chi connectivity index (χ1) is 9.13. The first kappa shape index (κ1) is 15.4. The number of rotatable bonds is 7. The van der Waals surface area contributed by atoms with Gasteiger partial charge in [0.1, 0.15) is 11.6 Å². The second kappa shape index (κ2) is 7.70. The van der Waals surface area contributed by atoms with Crippen molar-refractivity contribution in [2.45, 2.75) is 33.1 Å². The van der Waals surface area contributed by atoms with Crippen LogP contribution in [0.25, 0.3) is 0 Å². The Balaban J connectivity index is 2.81. The van der Waals surface area contributed by atoms with Gasteiger partial charge in [-0.15, -0.1) is 5.10 Å². The van der Waals surface area contributed by atoms with Crippen LogP contribution in [0, 0.1) is 11.3 Å². The topological polar surface area (TPSA) is 64.8 Å². The van der Waals surface area contributed by atoms with E-state index < -0.39 is 0 Å². The van der Waals surface area contributed by atoms with Gasteiger partial charge in [-0.25, -0.2) is 0 Å². The first-order valence-corrected chi connectivity index (χ1v) is 6.81. The average Bonchev–Trinajstić information content (AvgIpc) is 2.42. The molecule has 5 nitrogen and oxygen atoms in total. The molecule has 0 atom stereocenters. The number of hydrogen-bond donors (Lipinski definition) is 1. The highest BCUT2D eigenvalue weighted by molar-refractivity contribution is 5.56. The van der Waals surface area contributed by atoms with Crippen molar-refractivity contribution in [3.8, 4) is 6.07 Å². The Morgan fingerprint density at radius 3 is 2.47 bits per heavy atom. The number of aryl methyl sites for hydroxylation is 1. The Bertz CT molecular complexity index is 448. The minimum absolute atomic E-state index is 0.621. The molecule has 0 aromatic carbocycles. The molecule has 0 aliphatic carbocycles. The second-order valence-electron chi connectivity index (χ2n) is 4.75. The van der Waals surface area contributed by atoms with Gasteiger partial charge >= 0.3 is 0 Å². The van der Waals surface area contributed by atoms with Crippen LogP contribution in [0.1, 0.15) is 37.1 Å². The van der Waals surface area contributed by atoms with Gasteiger partial charge in [0, 0.05) is 6.54 Å². The second-order valence-corrected chi connectivity index (χ2v) is 4.75. The molecule has 0 saturated carbocycles. The predicted molar refractivity (Wildman–Crippen MR) is 77.2 cm³/mol. The van der Waals surface area contributed by atoms with Gasteiger partial charge in [-0.1, -0.05) is 13.8 Å². The summed E-state index contributed by atoms with van der Waals surface area (Å²) in [6, 6.07) is 2.26. The number of nitriles is 1. The summed E-state index contributed by atoms with van der Waals surface area (Å²) in [6.45, 7) is 5.90. The Morgan fingerprint density at radius 2 is 1.95 bits per heavy atom. The standard InChI is InChI=1S/C14H23N5/c1-5-11-12(10-15)14(18-17-13(11)6-2)16-8-7-9-19(3)4/h5-9H2,1-4H3,(H,16,18). The van der Waals surface area contributed by atoms with E-state index in [9.17, 15) is 5.26 Å². The monoisotopic (exact) mass is 261 g/mol. The van der Waals surface area contributed by atoms with E-state index in [0.717, 1.165) is 43.6 Å². The lowest BCUT2D eigenvalue weighted by molar-refractivity contribution is 0.405. The summed E-state index contributed by atoms with van der Waals surface area (Å²) in [7, 11) is 4.09. The van der Waals surface area contributed by atoms with Crippen LogP contribution >= 0.6 is 0 Å². The molecule has 0 amide bonds.